The van der Waals surface area contributed by atoms with Gasteiger partial charge in [-0.25, -0.2) is 0 Å². The second-order valence-corrected chi connectivity index (χ2v) is 7.53. The summed E-state index contributed by atoms with van der Waals surface area (Å²) < 4.78 is 0. The Morgan fingerprint density at radius 3 is 2.65 bits per heavy atom. The normalized spacial score (nSPS) is 26.5. The smallest absolute Gasteiger partial charge is 0.161 e. The van der Waals surface area contributed by atoms with Crippen LogP contribution in [0.4, 0.5) is 5.69 Å². The molecule has 0 bridgehead atoms. The molecular formula is C17H25Cl2N3S. The lowest BCUT2D eigenvalue weighted by atomic mass is 10.1. The van der Waals surface area contributed by atoms with Gasteiger partial charge in [-0.15, -0.1) is 24.8 Å². The summed E-state index contributed by atoms with van der Waals surface area (Å²) in [5, 5.41) is 5.38. The topological polar surface area (TPSA) is 27.6 Å². The molecule has 1 N–H and O–H groups in total. The van der Waals surface area contributed by atoms with Crippen molar-refractivity contribution < 1.29 is 0 Å². The van der Waals surface area contributed by atoms with Gasteiger partial charge in [-0.3, -0.25) is 9.89 Å². The number of anilines is 1. The van der Waals surface area contributed by atoms with Gasteiger partial charge in [0.2, 0.25) is 0 Å². The minimum atomic E-state index is 0. The molecule has 128 valence electrons. The molecule has 1 aromatic carbocycles. The molecule has 0 amide bonds. The average molecular weight is 374 g/mol. The number of amidine groups is 1. The number of thioether (sulfide) groups is 1. The van der Waals surface area contributed by atoms with Crippen molar-refractivity contribution in [1.82, 2.24) is 4.90 Å². The summed E-state index contributed by atoms with van der Waals surface area (Å²) in [5.74, 6) is 0. The molecule has 2 aliphatic heterocycles. The highest BCUT2D eigenvalue weighted by Gasteiger charge is 2.34. The zero-order valence-corrected chi connectivity index (χ0v) is 15.7. The standard InChI is InChI=1S/C17H23N3S.2ClH/c1-2-7-14-13(6-1)12-18-17(19-14)21-16-9-5-8-15(16)20-10-3-4-11-20;;/h1-2,6-7,15-16H,3-5,8-12H2,(H,18,19);2*1H/t15-,16?;;/m1../s1. The molecule has 6 heteroatoms. The molecule has 2 atom stereocenters. The number of nitrogens with zero attached hydrogens (tertiary/aromatic N) is 2. The van der Waals surface area contributed by atoms with E-state index in [0.29, 0.717) is 0 Å². The third-order valence-corrected chi connectivity index (χ3v) is 6.25. The van der Waals surface area contributed by atoms with E-state index in [1.54, 1.807) is 0 Å². The minimum absolute atomic E-state index is 0. The van der Waals surface area contributed by atoms with Crippen molar-refractivity contribution in [2.45, 2.75) is 49.9 Å². The van der Waals surface area contributed by atoms with Gasteiger partial charge in [0.1, 0.15) is 0 Å². The molecule has 2 fully saturated rings. The van der Waals surface area contributed by atoms with Crippen LogP contribution in [0, 0.1) is 0 Å². The van der Waals surface area contributed by atoms with Gasteiger partial charge in [0.25, 0.3) is 0 Å². The molecule has 23 heavy (non-hydrogen) atoms. The van der Waals surface area contributed by atoms with Crippen molar-refractivity contribution in [1.29, 1.82) is 0 Å². The third kappa shape index (κ3) is 4.16. The summed E-state index contributed by atoms with van der Waals surface area (Å²) in [6.07, 6.45) is 6.87. The van der Waals surface area contributed by atoms with E-state index < -0.39 is 0 Å². The Balaban J connectivity index is 0.000000960. The van der Waals surface area contributed by atoms with E-state index in [4.69, 9.17) is 4.99 Å². The fourth-order valence-corrected chi connectivity index (χ4v) is 5.18. The van der Waals surface area contributed by atoms with Crippen LogP contribution in [0.2, 0.25) is 0 Å². The first-order chi connectivity index (χ1) is 10.4. The highest BCUT2D eigenvalue weighted by atomic mass is 35.5. The van der Waals surface area contributed by atoms with Crippen LogP contribution in [0.25, 0.3) is 0 Å². The number of aliphatic imine (C=N–C) groups is 1. The largest absolute Gasteiger partial charge is 0.335 e. The van der Waals surface area contributed by atoms with Crippen LogP contribution >= 0.6 is 36.6 Å². The van der Waals surface area contributed by atoms with E-state index in [1.165, 1.54) is 56.4 Å². The number of rotatable bonds is 2. The highest BCUT2D eigenvalue weighted by molar-refractivity contribution is 8.14. The molecule has 0 radical (unpaired) electrons. The van der Waals surface area contributed by atoms with Crippen molar-refractivity contribution in [3.63, 3.8) is 0 Å². The van der Waals surface area contributed by atoms with Crippen LogP contribution in [0.15, 0.2) is 29.3 Å². The Labute approximate surface area is 155 Å². The van der Waals surface area contributed by atoms with Gasteiger partial charge in [0.15, 0.2) is 5.17 Å². The Kier molecular flexibility index (Phi) is 7.08. The van der Waals surface area contributed by atoms with Crippen LogP contribution in [0.5, 0.6) is 0 Å². The second-order valence-electron chi connectivity index (χ2n) is 6.30. The predicted molar refractivity (Wildman–Crippen MR) is 106 cm³/mol. The quantitative estimate of drug-likeness (QED) is 0.822. The Hall–Kier alpha value is -0.420. The Morgan fingerprint density at radius 2 is 1.83 bits per heavy atom. The van der Waals surface area contributed by atoms with E-state index in [1.807, 2.05) is 11.8 Å². The first-order valence-corrected chi connectivity index (χ1v) is 9.08. The maximum Gasteiger partial charge on any atom is 0.161 e. The molecule has 3 aliphatic rings. The highest BCUT2D eigenvalue weighted by Crippen LogP contribution is 2.37. The first-order valence-electron chi connectivity index (χ1n) is 8.20. The number of halogens is 2. The molecule has 1 saturated heterocycles. The van der Waals surface area contributed by atoms with Crippen LogP contribution in [-0.2, 0) is 6.54 Å². The number of hydrogen-bond donors (Lipinski definition) is 1. The SMILES string of the molecule is Cl.Cl.c1ccc2c(c1)CN=C(SC1CCC[C@H]1N1CCCC1)N2. The number of nitrogens with one attached hydrogen (secondary N) is 1. The lowest BCUT2D eigenvalue weighted by molar-refractivity contribution is 0.251. The minimum Gasteiger partial charge on any atom is -0.335 e. The Morgan fingerprint density at radius 1 is 1.04 bits per heavy atom. The summed E-state index contributed by atoms with van der Waals surface area (Å²) in [5.41, 5.74) is 2.55. The second kappa shape index (κ2) is 8.61. The summed E-state index contributed by atoms with van der Waals surface area (Å²) in [6, 6.07) is 9.29. The molecule has 0 aromatic heterocycles. The lowest BCUT2D eigenvalue weighted by Crippen LogP contribution is -2.38. The van der Waals surface area contributed by atoms with E-state index in [-0.39, 0.29) is 24.8 Å². The van der Waals surface area contributed by atoms with Crippen molar-refractivity contribution in [2.24, 2.45) is 4.99 Å². The van der Waals surface area contributed by atoms with Gasteiger partial charge in [0, 0.05) is 17.0 Å². The molecule has 3 nitrogen and oxygen atoms in total. The zero-order valence-electron chi connectivity index (χ0n) is 13.2. The fraction of sp³-hybridized carbons (Fsp3) is 0.588. The number of para-hydroxylation sites is 1. The molecule has 1 aliphatic carbocycles. The van der Waals surface area contributed by atoms with E-state index in [2.05, 4.69) is 34.5 Å². The van der Waals surface area contributed by atoms with Gasteiger partial charge in [-0.05, 0) is 50.4 Å². The van der Waals surface area contributed by atoms with Gasteiger partial charge in [-0.1, -0.05) is 36.4 Å². The maximum atomic E-state index is 4.75. The summed E-state index contributed by atoms with van der Waals surface area (Å²) in [4.78, 5) is 7.47. The van der Waals surface area contributed by atoms with E-state index >= 15 is 0 Å². The van der Waals surface area contributed by atoms with Gasteiger partial charge in [-0.2, -0.15) is 0 Å². The molecule has 0 spiro atoms. The molecule has 1 saturated carbocycles. The van der Waals surface area contributed by atoms with Crippen LogP contribution in [0.1, 0.15) is 37.7 Å². The number of fused-ring (bicyclic) bond motifs is 1. The molecule has 1 aromatic rings. The third-order valence-electron chi connectivity index (χ3n) is 4.94. The van der Waals surface area contributed by atoms with Gasteiger partial charge >= 0.3 is 0 Å². The molecule has 1 unspecified atom stereocenters. The summed E-state index contributed by atoms with van der Waals surface area (Å²) in [6.45, 7) is 3.45. The van der Waals surface area contributed by atoms with Crippen LogP contribution < -0.4 is 5.32 Å². The van der Waals surface area contributed by atoms with Crippen molar-refractivity contribution in [2.75, 3.05) is 18.4 Å². The number of benzene rings is 1. The average Bonchev–Trinajstić information content (AvgIpc) is 3.18. The van der Waals surface area contributed by atoms with Crippen LogP contribution in [-0.4, -0.2) is 34.4 Å². The van der Waals surface area contributed by atoms with E-state index in [9.17, 15) is 0 Å². The number of likely N-dealkylation sites (tertiary alicyclic amines) is 1. The maximum absolute atomic E-state index is 4.75. The monoisotopic (exact) mass is 373 g/mol. The van der Waals surface area contributed by atoms with Gasteiger partial charge < -0.3 is 5.32 Å². The molecule has 4 rings (SSSR count). The van der Waals surface area contributed by atoms with E-state index in [0.717, 1.165) is 23.0 Å². The molecule has 2 heterocycles. The summed E-state index contributed by atoms with van der Waals surface area (Å²) in [7, 11) is 0. The van der Waals surface area contributed by atoms with Crippen molar-refractivity contribution in [3.8, 4) is 0 Å². The van der Waals surface area contributed by atoms with Crippen molar-refractivity contribution in [3.05, 3.63) is 29.8 Å². The molecular weight excluding hydrogens is 349 g/mol. The summed E-state index contributed by atoms with van der Waals surface area (Å²) >= 11 is 1.98. The fourth-order valence-electron chi connectivity index (χ4n) is 3.84. The lowest BCUT2D eigenvalue weighted by Gasteiger charge is -2.29. The first kappa shape index (κ1) is 18.9. The van der Waals surface area contributed by atoms with Crippen molar-refractivity contribution >= 4 is 47.4 Å². The van der Waals surface area contributed by atoms with Crippen LogP contribution in [0.3, 0.4) is 0 Å². The zero-order chi connectivity index (χ0) is 14.1. The number of hydrogen-bond acceptors (Lipinski definition) is 4. The van der Waals surface area contributed by atoms with Gasteiger partial charge in [0.05, 0.1) is 6.54 Å². The predicted octanol–water partition coefficient (Wildman–Crippen LogP) is 4.56. The Bertz CT molecular complexity index is 546.